The highest BCUT2D eigenvalue weighted by Gasteiger charge is 2.39. The first kappa shape index (κ1) is 8.53. The Hall–Kier alpha value is -1.06. The van der Waals surface area contributed by atoms with Gasteiger partial charge in [-0.2, -0.15) is 0 Å². The maximum Gasteiger partial charge on any atom is 0.306 e. The van der Waals surface area contributed by atoms with E-state index in [0.29, 0.717) is 19.3 Å². The molecule has 0 spiro atoms. The molecule has 0 radical (unpaired) electrons. The average Bonchev–Trinajstić information content (AvgIpc) is 2.42. The second-order valence-electron chi connectivity index (χ2n) is 3.99. The minimum Gasteiger partial charge on any atom is -0.481 e. The summed E-state index contributed by atoms with van der Waals surface area (Å²) in [7, 11) is 0. The van der Waals surface area contributed by atoms with Crippen LogP contribution in [-0.2, 0) is 9.59 Å². The molecule has 2 N–H and O–H groups in total. The number of nitrogens with one attached hydrogen (secondary N) is 1. The molecule has 2 rings (SSSR count). The molecule has 0 aromatic rings. The second-order valence-corrected chi connectivity index (χ2v) is 3.99. The van der Waals surface area contributed by atoms with Gasteiger partial charge in [-0.05, 0) is 25.2 Å². The molecule has 1 amide bonds. The van der Waals surface area contributed by atoms with Crippen LogP contribution in [0.2, 0.25) is 0 Å². The zero-order chi connectivity index (χ0) is 9.42. The minimum absolute atomic E-state index is 0.0843. The lowest BCUT2D eigenvalue weighted by Crippen LogP contribution is -2.35. The number of rotatable bonds is 1. The van der Waals surface area contributed by atoms with Crippen molar-refractivity contribution in [2.45, 2.75) is 31.7 Å². The molecular formula is C9H13NO3. The summed E-state index contributed by atoms with van der Waals surface area (Å²) in [6.45, 7) is 0. The first-order valence-corrected chi connectivity index (χ1v) is 4.69. The summed E-state index contributed by atoms with van der Waals surface area (Å²) in [6.07, 6.45) is 2.72. The molecule has 1 heterocycles. The first-order chi connectivity index (χ1) is 6.16. The van der Waals surface area contributed by atoms with Gasteiger partial charge in [0.05, 0.1) is 5.92 Å². The molecule has 1 saturated carbocycles. The molecule has 0 bridgehead atoms. The van der Waals surface area contributed by atoms with Crippen LogP contribution in [-0.4, -0.2) is 23.0 Å². The van der Waals surface area contributed by atoms with Gasteiger partial charge in [0.25, 0.3) is 0 Å². The van der Waals surface area contributed by atoms with E-state index < -0.39 is 5.97 Å². The highest BCUT2D eigenvalue weighted by Crippen LogP contribution is 2.34. The summed E-state index contributed by atoms with van der Waals surface area (Å²) >= 11 is 0. The van der Waals surface area contributed by atoms with Crippen molar-refractivity contribution in [2.24, 2.45) is 11.8 Å². The lowest BCUT2D eigenvalue weighted by Gasteiger charge is -2.28. The normalized spacial score (nSPS) is 38.2. The Morgan fingerprint density at radius 2 is 2.23 bits per heavy atom. The number of carbonyl (C=O) groups excluding carboxylic acids is 1. The summed E-state index contributed by atoms with van der Waals surface area (Å²) in [5.41, 5.74) is 0. The molecule has 0 aromatic carbocycles. The van der Waals surface area contributed by atoms with Crippen LogP contribution in [0.5, 0.6) is 0 Å². The van der Waals surface area contributed by atoms with Crippen LogP contribution in [0.4, 0.5) is 0 Å². The Kier molecular flexibility index (Phi) is 1.98. The van der Waals surface area contributed by atoms with Crippen LogP contribution in [0.25, 0.3) is 0 Å². The number of carboxylic acid groups (broad SMARTS) is 1. The first-order valence-electron chi connectivity index (χ1n) is 4.69. The SMILES string of the molecule is O=C1CC2CC(C(=O)O)CCC2N1. The molecule has 3 atom stereocenters. The molecule has 3 unspecified atom stereocenters. The van der Waals surface area contributed by atoms with Crippen LogP contribution in [0.1, 0.15) is 25.7 Å². The molecule has 1 aliphatic carbocycles. The second kappa shape index (κ2) is 3.01. The van der Waals surface area contributed by atoms with Crippen molar-refractivity contribution >= 4 is 11.9 Å². The number of carboxylic acids is 1. The lowest BCUT2D eigenvalue weighted by molar-refractivity contribution is -0.143. The predicted molar refractivity (Wildman–Crippen MR) is 45.0 cm³/mol. The third-order valence-corrected chi connectivity index (χ3v) is 3.13. The lowest BCUT2D eigenvalue weighted by atomic mass is 9.79. The minimum atomic E-state index is -0.710. The Bertz CT molecular complexity index is 251. The van der Waals surface area contributed by atoms with Gasteiger partial charge in [0.1, 0.15) is 0 Å². The zero-order valence-electron chi connectivity index (χ0n) is 7.32. The Labute approximate surface area is 76.3 Å². The molecule has 2 aliphatic rings. The Balaban J connectivity index is 2.01. The van der Waals surface area contributed by atoms with Gasteiger partial charge in [0.15, 0.2) is 0 Å². The van der Waals surface area contributed by atoms with E-state index in [0.717, 1.165) is 6.42 Å². The monoisotopic (exact) mass is 183 g/mol. The quantitative estimate of drug-likeness (QED) is 0.617. The van der Waals surface area contributed by atoms with Crippen LogP contribution in [0.15, 0.2) is 0 Å². The summed E-state index contributed by atoms with van der Waals surface area (Å²) < 4.78 is 0. The van der Waals surface area contributed by atoms with E-state index in [2.05, 4.69) is 5.32 Å². The van der Waals surface area contributed by atoms with E-state index in [9.17, 15) is 9.59 Å². The topological polar surface area (TPSA) is 66.4 Å². The molecule has 4 nitrogen and oxygen atoms in total. The van der Waals surface area contributed by atoms with Crippen molar-refractivity contribution in [2.75, 3.05) is 0 Å². The zero-order valence-corrected chi connectivity index (χ0v) is 7.32. The Morgan fingerprint density at radius 1 is 1.46 bits per heavy atom. The van der Waals surface area contributed by atoms with Gasteiger partial charge >= 0.3 is 5.97 Å². The van der Waals surface area contributed by atoms with Crippen LogP contribution < -0.4 is 5.32 Å². The van der Waals surface area contributed by atoms with Crippen molar-refractivity contribution in [1.29, 1.82) is 0 Å². The fourth-order valence-electron chi connectivity index (χ4n) is 2.41. The van der Waals surface area contributed by atoms with E-state index in [-0.39, 0.29) is 23.8 Å². The van der Waals surface area contributed by atoms with Crippen molar-refractivity contribution in [3.8, 4) is 0 Å². The van der Waals surface area contributed by atoms with Gasteiger partial charge in [-0.1, -0.05) is 0 Å². The van der Waals surface area contributed by atoms with E-state index in [1.54, 1.807) is 0 Å². The maximum atomic E-state index is 11.0. The number of hydrogen-bond donors (Lipinski definition) is 2. The standard InChI is InChI=1S/C9H13NO3/c11-8-4-6-3-5(9(12)13)1-2-7(6)10-8/h5-7H,1-4H2,(H,10,11)(H,12,13). The summed E-state index contributed by atoms with van der Waals surface area (Å²) in [5.74, 6) is -0.588. The summed E-state index contributed by atoms with van der Waals surface area (Å²) in [6, 6.07) is 0.253. The van der Waals surface area contributed by atoms with Crippen LogP contribution >= 0.6 is 0 Å². The summed E-state index contributed by atoms with van der Waals surface area (Å²) in [5, 5.41) is 11.7. The van der Waals surface area contributed by atoms with Gasteiger partial charge in [0.2, 0.25) is 5.91 Å². The van der Waals surface area contributed by atoms with Gasteiger partial charge in [-0.3, -0.25) is 9.59 Å². The molecule has 4 heteroatoms. The van der Waals surface area contributed by atoms with Gasteiger partial charge in [0, 0.05) is 12.5 Å². The van der Waals surface area contributed by atoms with E-state index >= 15 is 0 Å². The number of hydrogen-bond acceptors (Lipinski definition) is 2. The molecule has 2 fully saturated rings. The van der Waals surface area contributed by atoms with Crippen molar-refractivity contribution in [3.05, 3.63) is 0 Å². The highest BCUT2D eigenvalue weighted by atomic mass is 16.4. The van der Waals surface area contributed by atoms with Crippen molar-refractivity contribution < 1.29 is 14.7 Å². The van der Waals surface area contributed by atoms with Gasteiger partial charge < -0.3 is 10.4 Å². The van der Waals surface area contributed by atoms with Crippen molar-refractivity contribution in [3.63, 3.8) is 0 Å². The number of carbonyl (C=O) groups is 2. The summed E-state index contributed by atoms with van der Waals surface area (Å²) in [4.78, 5) is 21.7. The average molecular weight is 183 g/mol. The predicted octanol–water partition coefficient (Wildman–Crippen LogP) is 0.376. The largest absolute Gasteiger partial charge is 0.481 e. The fourth-order valence-corrected chi connectivity index (χ4v) is 2.41. The number of amides is 1. The van der Waals surface area contributed by atoms with E-state index in [1.165, 1.54) is 0 Å². The number of fused-ring (bicyclic) bond motifs is 1. The molecular weight excluding hydrogens is 170 g/mol. The van der Waals surface area contributed by atoms with E-state index in [1.807, 2.05) is 0 Å². The fraction of sp³-hybridized carbons (Fsp3) is 0.778. The molecule has 0 aromatic heterocycles. The molecule has 13 heavy (non-hydrogen) atoms. The molecule has 1 aliphatic heterocycles. The van der Waals surface area contributed by atoms with Crippen molar-refractivity contribution in [1.82, 2.24) is 5.32 Å². The van der Waals surface area contributed by atoms with Gasteiger partial charge in [-0.25, -0.2) is 0 Å². The smallest absolute Gasteiger partial charge is 0.306 e. The third-order valence-electron chi connectivity index (χ3n) is 3.13. The van der Waals surface area contributed by atoms with E-state index in [4.69, 9.17) is 5.11 Å². The Morgan fingerprint density at radius 3 is 2.92 bits per heavy atom. The third kappa shape index (κ3) is 1.53. The molecule has 1 saturated heterocycles. The number of aliphatic carboxylic acids is 1. The van der Waals surface area contributed by atoms with Gasteiger partial charge in [-0.15, -0.1) is 0 Å². The van der Waals surface area contributed by atoms with Crippen LogP contribution in [0.3, 0.4) is 0 Å². The highest BCUT2D eigenvalue weighted by molar-refractivity contribution is 5.79. The van der Waals surface area contributed by atoms with Crippen LogP contribution in [0, 0.1) is 11.8 Å². The molecule has 72 valence electrons. The maximum absolute atomic E-state index is 11.0.